The Morgan fingerprint density at radius 2 is 1.91 bits per heavy atom. The minimum Gasteiger partial charge on any atom is -0.463 e. The molecule has 4 nitrogen and oxygen atoms in total. The van der Waals surface area contributed by atoms with Crippen LogP contribution in [-0.2, 0) is 19.0 Å². The summed E-state index contributed by atoms with van der Waals surface area (Å²) >= 11 is 0. The Balaban J connectivity index is 1.84. The normalized spacial score (nSPS) is 11.5. The summed E-state index contributed by atoms with van der Waals surface area (Å²) in [5.41, 5.74) is 0.591. The highest BCUT2D eigenvalue weighted by Gasteiger charge is 2.32. The van der Waals surface area contributed by atoms with Crippen LogP contribution in [0.15, 0.2) is 30.6 Å². The van der Waals surface area contributed by atoms with Crippen LogP contribution < -0.4 is 4.74 Å². The van der Waals surface area contributed by atoms with Gasteiger partial charge in [0.1, 0.15) is 5.69 Å². The molecule has 0 amide bonds. The van der Waals surface area contributed by atoms with Crippen molar-refractivity contribution in [2.45, 2.75) is 32.4 Å². The van der Waals surface area contributed by atoms with Crippen molar-refractivity contribution < 1.29 is 17.9 Å². The Labute approximate surface area is 126 Å². The van der Waals surface area contributed by atoms with Crippen molar-refractivity contribution in [3.63, 3.8) is 0 Å². The van der Waals surface area contributed by atoms with Crippen molar-refractivity contribution in [3.8, 4) is 6.01 Å². The van der Waals surface area contributed by atoms with Crippen LogP contribution in [0.3, 0.4) is 0 Å². The fraction of sp³-hybridized carbons (Fsp3) is 0.400. The number of rotatable bonds is 6. The smallest absolute Gasteiger partial charge is 0.433 e. The first-order valence-corrected chi connectivity index (χ1v) is 6.96. The van der Waals surface area contributed by atoms with E-state index in [2.05, 4.69) is 15.0 Å². The van der Waals surface area contributed by atoms with E-state index in [1.54, 1.807) is 12.3 Å². The van der Waals surface area contributed by atoms with E-state index < -0.39 is 11.9 Å². The molecule has 0 aliphatic rings. The molecule has 0 N–H and O–H groups in total. The van der Waals surface area contributed by atoms with Crippen molar-refractivity contribution in [2.75, 3.05) is 6.61 Å². The Morgan fingerprint density at radius 1 is 1.14 bits per heavy atom. The van der Waals surface area contributed by atoms with Gasteiger partial charge in [-0.1, -0.05) is 6.92 Å². The third kappa shape index (κ3) is 4.68. The second kappa shape index (κ2) is 7.20. The number of halogens is 3. The van der Waals surface area contributed by atoms with Gasteiger partial charge in [-0.05, 0) is 43.0 Å². The molecule has 2 aromatic rings. The molecule has 0 radical (unpaired) electrons. The van der Waals surface area contributed by atoms with Crippen molar-refractivity contribution in [3.05, 3.63) is 47.5 Å². The summed E-state index contributed by atoms with van der Waals surface area (Å²) in [5, 5.41) is 0. The number of ether oxygens (including phenoxy) is 1. The third-order valence-corrected chi connectivity index (χ3v) is 3.01. The summed E-state index contributed by atoms with van der Waals surface area (Å²) in [4.78, 5) is 11.5. The largest absolute Gasteiger partial charge is 0.463 e. The molecule has 0 unspecified atom stereocenters. The highest BCUT2D eigenvalue weighted by molar-refractivity contribution is 5.18. The predicted octanol–water partition coefficient (Wildman–Crippen LogP) is 3.46. The van der Waals surface area contributed by atoms with E-state index in [1.165, 1.54) is 6.20 Å². The summed E-state index contributed by atoms with van der Waals surface area (Å²) in [6.07, 6.45) is 0.212. The third-order valence-electron chi connectivity index (χ3n) is 3.01. The first-order valence-electron chi connectivity index (χ1n) is 6.96. The number of hydrogen-bond donors (Lipinski definition) is 0. The number of aryl methyl sites for hydroxylation is 2. The van der Waals surface area contributed by atoms with E-state index in [0.717, 1.165) is 18.2 Å². The monoisotopic (exact) mass is 311 g/mol. The molecule has 0 spiro atoms. The van der Waals surface area contributed by atoms with E-state index in [4.69, 9.17) is 4.74 Å². The first kappa shape index (κ1) is 16.2. The predicted molar refractivity (Wildman–Crippen MR) is 74.5 cm³/mol. The van der Waals surface area contributed by atoms with E-state index in [0.29, 0.717) is 31.0 Å². The molecule has 22 heavy (non-hydrogen) atoms. The fourth-order valence-corrected chi connectivity index (χ4v) is 1.87. The van der Waals surface area contributed by atoms with Crippen LogP contribution in [0.25, 0.3) is 0 Å². The van der Waals surface area contributed by atoms with Gasteiger partial charge in [-0.25, -0.2) is 9.97 Å². The molecule has 0 aliphatic heterocycles. The highest BCUT2D eigenvalue weighted by Crippen LogP contribution is 2.27. The number of alkyl halides is 3. The van der Waals surface area contributed by atoms with Crippen LogP contribution >= 0.6 is 0 Å². The summed E-state index contributed by atoms with van der Waals surface area (Å²) in [6, 6.07) is 4.74. The number of pyridine rings is 1. The fourth-order valence-electron chi connectivity index (χ4n) is 1.87. The molecule has 0 bridgehead atoms. The maximum absolute atomic E-state index is 12.5. The molecule has 2 heterocycles. The molecule has 2 rings (SSSR count). The quantitative estimate of drug-likeness (QED) is 0.767. The molecule has 118 valence electrons. The zero-order valence-electron chi connectivity index (χ0n) is 12.1. The standard InChI is InChI=1S/C15H16F3N3O/c1-2-12-6-8-20-14(21-12)22-9-3-4-11-5-7-19-13(10-11)15(16,17)18/h5-8,10H,2-4,9H2,1H3. The Bertz CT molecular complexity index is 617. The number of hydrogen-bond acceptors (Lipinski definition) is 4. The molecule has 0 saturated heterocycles. The van der Waals surface area contributed by atoms with E-state index in [-0.39, 0.29) is 0 Å². The minimum atomic E-state index is -4.42. The van der Waals surface area contributed by atoms with Crippen molar-refractivity contribution in [2.24, 2.45) is 0 Å². The van der Waals surface area contributed by atoms with Gasteiger partial charge in [0.15, 0.2) is 0 Å². The lowest BCUT2D eigenvalue weighted by Gasteiger charge is -2.08. The van der Waals surface area contributed by atoms with Crippen LogP contribution in [0.2, 0.25) is 0 Å². The maximum Gasteiger partial charge on any atom is 0.433 e. The van der Waals surface area contributed by atoms with Gasteiger partial charge in [-0.2, -0.15) is 13.2 Å². The van der Waals surface area contributed by atoms with Gasteiger partial charge in [0, 0.05) is 18.1 Å². The topological polar surface area (TPSA) is 47.9 Å². The van der Waals surface area contributed by atoms with Crippen molar-refractivity contribution >= 4 is 0 Å². The average Bonchev–Trinajstić information content (AvgIpc) is 2.51. The molecule has 0 saturated carbocycles. The zero-order chi connectivity index (χ0) is 16.0. The van der Waals surface area contributed by atoms with Crippen LogP contribution in [0.4, 0.5) is 13.2 Å². The molecular weight excluding hydrogens is 295 g/mol. The summed E-state index contributed by atoms with van der Waals surface area (Å²) < 4.78 is 43.0. The molecule has 0 aromatic carbocycles. The van der Waals surface area contributed by atoms with Crippen LogP contribution in [0, 0.1) is 0 Å². The minimum absolute atomic E-state index is 0.296. The average molecular weight is 311 g/mol. The molecule has 0 fully saturated rings. The van der Waals surface area contributed by atoms with Gasteiger partial charge in [0.2, 0.25) is 0 Å². The second-order valence-corrected chi connectivity index (χ2v) is 4.68. The lowest BCUT2D eigenvalue weighted by Crippen LogP contribution is -2.09. The van der Waals surface area contributed by atoms with Gasteiger partial charge in [0.05, 0.1) is 6.61 Å². The van der Waals surface area contributed by atoms with Gasteiger partial charge in [-0.3, -0.25) is 4.98 Å². The van der Waals surface area contributed by atoms with Crippen molar-refractivity contribution in [1.82, 2.24) is 15.0 Å². The number of nitrogens with zero attached hydrogens (tertiary/aromatic N) is 3. The van der Waals surface area contributed by atoms with Crippen molar-refractivity contribution in [1.29, 1.82) is 0 Å². The highest BCUT2D eigenvalue weighted by atomic mass is 19.4. The first-order chi connectivity index (χ1) is 10.5. The lowest BCUT2D eigenvalue weighted by molar-refractivity contribution is -0.141. The zero-order valence-corrected chi connectivity index (χ0v) is 12.1. The number of aromatic nitrogens is 3. The van der Waals surface area contributed by atoms with Gasteiger partial charge in [-0.15, -0.1) is 0 Å². The summed E-state index contributed by atoms with van der Waals surface area (Å²) in [5.74, 6) is 0. The lowest BCUT2D eigenvalue weighted by atomic mass is 10.1. The second-order valence-electron chi connectivity index (χ2n) is 4.68. The molecule has 0 aliphatic carbocycles. The van der Waals surface area contributed by atoms with Crippen LogP contribution in [0.5, 0.6) is 6.01 Å². The maximum atomic E-state index is 12.5. The summed E-state index contributed by atoms with van der Waals surface area (Å²) in [6.45, 7) is 2.32. The van der Waals surface area contributed by atoms with E-state index in [1.807, 2.05) is 13.0 Å². The van der Waals surface area contributed by atoms with Gasteiger partial charge >= 0.3 is 12.2 Å². The Hall–Kier alpha value is -2.18. The molecular formula is C15H16F3N3O. The molecule has 0 atom stereocenters. The Morgan fingerprint density at radius 3 is 2.64 bits per heavy atom. The van der Waals surface area contributed by atoms with E-state index >= 15 is 0 Å². The Kier molecular flexibility index (Phi) is 5.30. The van der Waals surface area contributed by atoms with Crippen LogP contribution in [-0.4, -0.2) is 21.6 Å². The van der Waals surface area contributed by atoms with Crippen LogP contribution in [0.1, 0.15) is 30.3 Å². The van der Waals surface area contributed by atoms with Gasteiger partial charge in [0.25, 0.3) is 0 Å². The van der Waals surface area contributed by atoms with Gasteiger partial charge < -0.3 is 4.74 Å². The summed E-state index contributed by atoms with van der Waals surface area (Å²) in [7, 11) is 0. The van der Waals surface area contributed by atoms with E-state index in [9.17, 15) is 13.2 Å². The molecule has 2 aromatic heterocycles. The molecule has 7 heteroatoms. The SMILES string of the molecule is CCc1ccnc(OCCCc2ccnc(C(F)(F)F)c2)n1.